The molecule has 0 saturated heterocycles. The molecule has 0 fully saturated rings. The van der Waals surface area contributed by atoms with E-state index in [1.807, 2.05) is 61.5 Å². The molecule has 3 aromatic carbocycles. The zero-order valence-corrected chi connectivity index (χ0v) is 24.9. The highest BCUT2D eigenvalue weighted by Crippen LogP contribution is 2.44. The fourth-order valence-electron chi connectivity index (χ4n) is 5.18. The first-order valence-electron chi connectivity index (χ1n) is 14.3. The molecule has 4 aromatic rings. The lowest BCUT2D eigenvalue weighted by molar-refractivity contribution is -0.0500. The van der Waals surface area contributed by atoms with Crippen LogP contribution in [0.15, 0.2) is 66.9 Å². The Bertz CT molecular complexity index is 1620. The number of unbranched alkanes of at least 4 members (excludes halogenated alkanes) is 4. The van der Waals surface area contributed by atoms with E-state index in [4.69, 9.17) is 13.9 Å². The van der Waals surface area contributed by atoms with Crippen molar-refractivity contribution in [3.8, 4) is 33.8 Å². The van der Waals surface area contributed by atoms with Crippen LogP contribution in [-0.2, 0) is 23.0 Å². The smallest absolute Gasteiger partial charge is 0.497 e. The van der Waals surface area contributed by atoms with Gasteiger partial charge in [-0.1, -0.05) is 82.0 Å². The number of benzene rings is 3. The molecule has 0 radical (unpaired) electrons. The number of pyridine rings is 1. The molecule has 0 N–H and O–H groups in total. The molecule has 9 heteroatoms. The van der Waals surface area contributed by atoms with Crippen molar-refractivity contribution in [2.45, 2.75) is 70.7 Å². The van der Waals surface area contributed by atoms with Crippen LogP contribution in [0.4, 0.5) is 13.2 Å². The average molecular weight is 600 g/mol. The second-order valence-corrected chi connectivity index (χ2v) is 11.8. The van der Waals surface area contributed by atoms with Crippen molar-refractivity contribution in [1.82, 2.24) is 4.98 Å². The Morgan fingerprint density at radius 1 is 0.833 bits per heavy atom. The van der Waals surface area contributed by atoms with Gasteiger partial charge in [0.25, 0.3) is 0 Å². The molecule has 0 amide bonds. The van der Waals surface area contributed by atoms with Crippen LogP contribution in [0.3, 0.4) is 0 Å². The molecule has 0 aliphatic carbocycles. The second-order valence-electron chi connectivity index (χ2n) is 10.3. The van der Waals surface area contributed by atoms with Crippen LogP contribution in [0.1, 0.15) is 63.5 Å². The summed E-state index contributed by atoms with van der Waals surface area (Å²) in [4.78, 5) is 4.82. The molecule has 0 aliphatic rings. The molecule has 0 unspecified atom stereocenters. The highest BCUT2D eigenvalue weighted by atomic mass is 32.2. The average Bonchev–Trinajstić information content (AvgIpc) is 2.98. The summed E-state index contributed by atoms with van der Waals surface area (Å²) in [6.07, 6.45) is 7.54. The van der Waals surface area contributed by atoms with Gasteiger partial charge in [-0.15, -0.1) is 0 Å². The maximum Gasteiger partial charge on any atom is 0.534 e. The summed E-state index contributed by atoms with van der Waals surface area (Å²) in [7, 11) is -4.28. The molecular formula is C33H36F3NO4S. The Labute approximate surface area is 245 Å². The summed E-state index contributed by atoms with van der Waals surface area (Å²) < 4.78 is 75.2. The van der Waals surface area contributed by atoms with Crippen molar-refractivity contribution in [3.05, 3.63) is 78.0 Å². The van der Waals surface area contributed by atoms with Crippen LogP contribution in [0, 0.1) is 0 Å². The van der Waals surface area contributed by atoms with Crippen LogP contribution in [0.2, 0.25) is 0 Å². The summed E-state index contributed by atoms with van der Waals surface area (Å²) >= 11 is 0. The molecule has 5 nitrogen and oxygen atoms in total. The summed E-state index contributed by atoms with van der Waals surface area (Å²) in [5, 5.41) is 0.789. The molecule has 0 spiro atoms. The third kappa shape index (κ3) is 6.89. The number of fused-ring (bicyclic) bond motifs is 1. The van der Waals surface area contributed by atoms with Crippen molar-refractivity contribution in [2.75, 3.05) is 7.11 Å². The van der Waals surface area contributed by atoms with Gasteiger partial charge in [0, 0.05) is 28.3 Å². The SMILES string of the molecule is CCCCCCc1c(OS(=O)(=O)C(F)(F)F)cc(CCCC)c2c(-c3ccccc3)c(-c3cccc(OC)c3)cnc12. The van der Waals surface area contributed by atoms with Gasteiger partial charge in [0.2, 0.25) is 0 Å². The number of ether oxygens (including phenoxy) is 1. The molecular weight excluding hydrogens is 563 g/mol. The van der Waals surface area contributed by atoms with Gasteiger partial charge in [0.05, 0.1) is 12.6 Å². The van der Waals surface area contributed by atoms with Crippen molar-refractivity contribution >= 4 is 21.0 Å². The van der Waals surface area contributed by atoms with E-state index in [9.17, 15) is 21.6 Å². The van der Waals surface area contributed by atoms with Gasteiger partial charge in [0.1, 0.15) is 11.5 Å². The lowest BCUT2D eigenvalue weighted by Gasteiger charge is -2.21. The van der Waals surface area contributed by atoms with Crippen LogP contribution in [-0.4, -0.2) is 26.0 Å². The molecule has 1 heterocycles. The van der Waals surface area contributed by atoms with E-state index in [-0.39, 0.29) is 5.75 Å². The monoisotopic (exact) mass is 599 g/mol. The summed E-state index contributed by atoms with van der Waals surface area (Å²) in [5.41, 5.74) is -0.556. The number of hydrogen-bond donors (Lipinski definition) is 0. The Balaban J connectivity index is 2.09. The predicted octanol–water partition coefficient (Wildman–Crippen LogP) is 9.27. The first kappa shape index (κ1) is 31.3. The number of aryl methyl sites for hydroxylation is 2. The fourth-order valence-corrected chi connectivity index (χ4v) is 5.66. The number of rotatable bonds is 13. The Morgan fingerprint density at radius 2 is 1.55 bits per heavy atom. The van der Waals surface area contributed by atoms with Gasteiger partial charge >= 0.3 is 15.6 Å². The van der Waals surface area contributed by atoms with Gasteiger partial charge in [-0.25, -0.2) is 0 Å². The van der Waals surface area contributed by atoms with Crippen molar-refractivity contribution in [3.63, 3.8) is 0 Å². The Kier molecular flexibility index (Phi) is 10.1. The standard InChI is InChI=1S/C33H36F3NO4S/c1-4-6-8-12-19-27-29(41-42(38,39)33(34,35)36)21-25(14-7-5-2)31-30(23-15-10-9-11-16-23)28(22-37-32(27)31)24-17-13-18-26(20-24)40-3/h9-11,13,15-18,20-22H,4-8,12,14,19H2,1-3H3. The van der Waals surface area contributed by atoms with Crippen LogP contribution >= 0.6 is 0 Å². The van der Waals surface area contributed by atoms with Crippen LogP contribution in [0.25, 0.3) is 33.2 Å². The molecule has 4 rings (SSSR count). The van der Waals surface area contributed by atoms with Crippen LogP contribution < -0.4 is 8.92 Å². The van der Waals surface area contributed by atoms with Gasteiger partial charge < -0.3 is 8.92 Å². The second kappa shape index (κ2) is 13.6. The molecule has 0 saturated carbocycles. The highest BCUT2D eigenvalue weighted by molar-refractivity contribution is 7.88. The zero-order valence-electron chi connectivity index (χ0n) is 24.1. The molecule has 0 aliphatic heterocycles. The van der Waals surface area contributed by atoms with Crippen molar-refractivity contribution < 1.29 is 30.5 Å². The van der Waals surface area contributed by atoms with E-state index in [1.54, 1.807) is 13.3 Å². The predicted molar refractivity (Wildman–Crippen MR) is 161 cm³/mol. The molecule has 0 bridgehead atoms. The summed E-state index contributed by atoms with van der Waals surface area (Å²) in [6, 6.07) is 18.9. The van der Waals surface area contributed by atoms with Crippen molar-refractivity contribution in [2.24, 2.45) is 0 Å². The zero-order chi connectivity index (χ0) is 30.3. The topological polar surface area (TPSA) is 65.5 Å². The largest absolute Gasteiger partial charge is 0.534 e. The normalized spacial score (nSPS) is 12.0. The molecule has 42 heavy (non-hydrogen) atoms. The van der Waals surface area contributed by atoms with E-state index in [0.717, 1.165) is 59.7 Å². The quantitative estimate of drug-likeness (QED) is 0.0871. The van der Waals surface area contributed by atoms with Gasteiger partial charge in [0.15, 0.2) is 0 Å². The number of aromatic nitrogens is 1. The molecule has 1 aromatic heterocycles. The number of halogens is 3. The molecule has 224 valence electrons. The maximum atomic E-state index is 13.5. The van der Waals surface area contributed by atoms with E-state index in [1.165, 1.54) is 6.07 Å². The Hall–Kier alpha value is -3.59. The van der Waals surface area contributed by atoms with Gasteiger partial charge in [-0.05, 0) is 60.6 Å². The minimum Gasteiger partial charge on any atom is -0.497 e. The minimum atomic E-state index is -5.88. The minimum absolute atomic E-state index is 0.303. The van der Waals surface area contributed by atoms with E-state index in [2.05, 4.69) is 6.92 Å². The maximum absolute atomic E-state index is 13.5. The summed E-state index contributed by atoms with van der Waals surface area (Å²) in [6.45, 7) is 4.09. The van der Waals surface area contributed by atoms with E-state index in [0.29, 0.717) is 41.7 Å². The first-order chi connectivity index (χ1) is 20.1. The number of hydrogen-bond acceptors (Lipinski definition) is 5. The number of methoxy groups -OCH3 is 1. The fraction of sp³-hybridized carbons (Fsp3) is 0.364. The van der Waals surface area contributed by atoms with Crippen molar-refractivity contribution in [1.29, 1.82) is 0 Å². The van der Waals surface area contributed by atoms with E-state index < -0.39 is 15.6 Å². The molecule has 0 atom stereocenters. The Morgan fingerprint density at radius 3 is 2.21 bits per heavy atom. The third-order valence-corrected chi connectivity index (χ3v) is 8.26. The van der Waals surface area contributed by atoms with Crippen LogP contribution in [0.5, 0.6) is 11.5 Å². The highest BCUT2D eigenvalue weighted by Gasteiger charge is 2.49. The van der Waals surface area contributed by atoms with Gasteiger partial charge in [-0.3, -0.25) is 4.98 Å². The lowest BCUT2D eigenvalue weighted by Crippen LogP contribution is -2.28. The number of nitrogens with zero attached hydrogens (tertiary/aromatic N) is 1. The lowest BCUT2D eigenvalue weighted by atomic mass is 9.87. The number of alkyl halides is 3. The summed E-state index contributed by atoms with van der Waals surface area (Å²) in [5.74, 6) is 0.374. The third-order valence-electron chi connectivity index (χ3n) is 7.29. The van der Waals surface area contributed by atoms with E-state index >= 15 is 0 Å². The first-order valence-corrected chi connectivity index (χ1v) is 15.7. The van der Waals surface area contributed by atoms with Gasteiger partial charge in [-0.2, -0.15) is 21.6 Å².